The third-order valence-electron chi connectivity index (χ3n) is 5.35. The van der Waals surface area contributed by atoms with Gasteiger partial charge in [0.1, 0.15) is 13.1 Å². The van der Waals surface area contributed by atoms with Gasteiger partial charge in [0.2, 0.25) is 0 Å². The molecule has 0 aliphatic rings. The SMILES string of the molecule is CC(CCCl)S(=O)(=O)c1ccc(C[NH2+]Cc2ccc(S(=O)(=O)C(C)CCCl)cc2)cc1.[Cl-]. The van der Waals surface area contributed by atoms with Crippen LogP contribution in [0.3, 0.4) is 0 Å². The van der Waals surface area contributed by atoms with E-state index in [4.69, 9.17) is 23.2 Å². The van der Waals surface area contributed by atoms with Crippen molar-refractivity contribution in [2.75, 3.05) is 11.8 Å². The number of nitrogens with two attached hydrogens (primary N) is 1. The van der Waals surface area contributed by atoms with Crippen LogP contribution in [0.5, 0.6) is 0 Å². The average Bonchev–Trinajstić information content (AvgIpc) is 2.75. The van der Waals surface area contributed by atoms with E-state index in [0.29, 0.717) is 47.5 Å². The highest BCUT2D eigenvalue weighted by atomic mass is 35.5. The van der Waals surface area contributed by atoms with E-state index in [1.54, 1.807) is 38.1 Å². The second kappa shape index (κ2) is 13.2. The smallest absolute Gasteiger partial charge is 0.180 e. The monoisotopic (exact) mass is 541 g/mol. The molecule has 5 nitrogen and oxygen atoms in total. The standard InChI is InChI=1S/C22H29Cl2NO4S2.ClH/c1-17(11-13-23)30(26,27)21-7-3-19(4-8-21)15-25-16-20-5-9-22(10-6-20)31(28,29)18(2)12-14-24;/h3-10,17-18,25H,11-16H2,1-2H3;1H. The highest BCUT2D eigenvalue weighted by Gasteiger charge is 2.23. The van der Waals surface area contributed by atoms with Gasteiger partial charge in [-0.15, -0.1) is 23.2 Å². The average molecular weight is 543 g/mol. The van der Waals surface area contributed by atoms with Gasteiger partial charge in [0.15, 0.2) is 19.7 Å². The van der Waals surface area contributed by atoms with Crippen LogP contribution in [0.1, 0.15) is 37.8 Å². The Morgan fingerprint density at radius 2 is 1.00 bits per heavy atom. The third-order valence-corrected chi connectivity index (χ3v) is 10.2. The fourth-order valence-corrected chi connectivity index (χ4v) is 6.85. The van der Waals surface area contributed by atoms with Crippen LogP contribution in [0.25, 0.3) is 0 Å². The summed E-state index contributed by atoms with van der Waals surface area (Å²) in [4.78, 5) is 0.628. The molecule has 0 aromatic heterocycles. The molecule has 0 spiro atoms. The minimum atomic E-state index is -3.36. The Labute approximate surface area is 208 Å². The van der Waals surface area contributed by atoms with Crippen molar-refractivity contribution in [2.24, 2.45) is 0 Å². The molecule has 2 aromatic rings. The zero-order chi connectivity index (χ0) is 23.1. The Balaban J connectivity index is 0.00000512. The van der Waals surface area contributed by atoms with Crippen LogP contribution in [-0.2, 0) is 32.8 Å². The summed E-state index contributed by atoms with van der Waals surface area (Å²) in [5.74, 6) is 0.625. The van der Waals surface area contributed by atoms with Gasteiger partial charge < -0.3 is 17.7 Å². The normalized spacial score (nSPS) is 13.9. The quantitative estimate of drug-likeness (QED) is 0.397. The second-order valence-corrected chi connectivity index (χ2v) is 13.1. The van der Waals surface area contributed by atoms with E-state index >= 15 is 0 Å². The van der Waals surface area contributed by atoms with Gasteiger partial charge in [0, 0.05) is 22.9 Å². The molecule has 2 rings (SSSR count). The molecule has 0 bridgehead atoms. The van der Waals surface area contributed by atoms with Gasteiger partial charge in [-0.25, -0.2) is 16.8 Å². The summed E-state index contributed by atoms with van der Waals surface area (Å²) in [6.45, 7) is 4.72. The van der Waals surface area contributed by atoms with Gasteiger partial charge >= 0.3 is 0 Å². The lowest BCUT2D eigenvalue weighted by Crippen LogP contribution is -3.00. The van der Waals surface area contributed by atoms with Crippen molar-refractivity contribution in [1.29, 1.82) is 0 Å². The Morgan fingerprint density at radius 1 is 0.688 bits per heavy atom. The van der Waals surface area contributed by atoms with Crippen molar-refractivity contribution in [3.05, 3.63) is 59.7 Å². The van der Waals surface area contributed by atoms with Crippen molar-refractivity contribution in [3.8, 4) is 0 Å². The largest absolute Gasteiger partial charge is 1.00 e. The van der Waals surface area contributed by atoms with Crippen LogP contribution in [-0.4, -0.2) is 39.1 Å². The van der Waals surface area contributed by atoms with Gasteiger partial charge in [-0.1, -0.05) is 24.3 Å². The van der Waals surface area contributed by atoms with Crippen molar-refractivity contribution < 1.29 is 34.6 Å². The minimum Gasteiger partial charge on any atom is -1.00 e. The van der Waals surface area contributed by atoms with E-state index in [-0.39, 0.29) is 12.4 Å². The summed E-state index contributed by atoms with van der Waals surface area (Å²) >= 11 is 11.4. The molecule has 2 atom stereocenters. The summed E-state index contributed by atoms with van der Waals surface area (Å²) < 4.78 is 50.0. The first-order chi connectivity index (χ1) is 14.6. The fraction of sp³-hybridized carbons (Fsp3) is 0.455. The number of rotatable bonds is 12. The molecule has 0 saturated heterocycles. The first-order valence-electron chi connectivity index (χ1n) is 10.2. The molecule has 0 radical (unpaired) electrons. The Hall–Kier alpha value is -0.830. The molecule has 10 heteroatoms. The number of benzene rings is 2. The van der Waals surface area contributed by atoms with Crippen LogP contribution in [0.2, 0.25) is 0 Å². The number of alkyl halides is 2. The number of quaternary nitrogens is 1. The van der Waals surface area contributed by atoms with Gasteiger partial charge in [0.05, 0.1) is 20.3 Å². The summed E-state index contributed by atoms with van der Waals surface area (Å²) in [6.07, 6.45) is 0.844. The van der Waals surface area contributed by atoms with Crippen LogP contribution in [0, 0.1) is 0 Å². The lowest BCUT2D eigenvalue weighted by Gasteiger charge is -2.12. The fourth-order valence-electron chi connectivity index (χ4n) is 3.12. The van der Waals surface area contributed by atoms with Gasteiger partial charge in [-0.2, -0.15) is 0 Å². The van der Waals surface area contributed by atoms with Crippen molar-refractivity contribution in [3.63, 3.8) is 0 Å². The molecule has 2 N–H and O–H groups in total. The molecule has 0 aliphatic heterocycles. The summed E-state index contributed by atoms with van der Waals surface area (Å²) in [5.41, 5.74) is 2.02. The molecular weight excluding hydrogens is 513 g/mol. The van der Waals surface area contributed by atoms with Crippen molar-refractivity contribution in [2.45, 2.75) is 60.1 Å². The van der Waals surface area contributed by atoms with E-state index in [2.05, 4.69) is 5.32 Å². The van der Waals surface area contributed by atoms with Gasteiger partial charge in [-0.3, -0.25) is 0 Å². The maximum atomic E-state index is 12.5. The lowest BCUT2D eigenvalue weighted by molar-refractivity contribution is -0.686. The lowest BCUT2D eigenvalue weighted by atomic mass is 10.2. The summed E-state index contributed by atoms with van der Waals surface area (Å²) in [6, 6.07) is 13.9. The molecule has 0 saturated carbocycles. The Morgan fingerprint density at radius 3 is 1.28 bits per heavy atom. The molecule has 0 heterocycles. The zero-order valence-electron chi connectivity index (χ0n) is 18.2. The number of sulfone groups is 2. The number of halogens is 3. The molecule has 32 heavy (non-hydrogen) atoms. The second-order valence-electron chi connectivity index (χ2n) is 7.65. The first-order valence-corrected chi connectivity index (χ1v) is 14.4. The van der Waals surface area contributed by atoms with Crippen LogP contribution >= 0.6 is 23.2 Å². The predicted octanol–water partition coefficient (Wildman–Crippen LogP) is 0.536. The van der Waals surface area contributed by atoms with Crippen LogP contribution in [0.4, 0.5) is 0 Å². The van der Waals surface area contributed by atoms with E-state index in [1.165, 1.54) is 0 Å². The van der Waals surface area contributed by atoms with E-state index in [1.807, 2.05) is 24.3 Å². The highest BCUT2D eigenvalue weighted by molar-refractivity contribution is 7.92. The molecule has 0 amide bonds. The Bertz CT molecular complexity index is 956. The highest BCUT2D eigenvalue weighted by Crippen LogP contribution is 2.20. The summed E-state index contributed by atoms with van der Waals surface area (Å²) in [5, 5.41) is 1.07. The molecule has 2 unspecified atom stereocenters. The first kappa shape index (κ1) is 29.2. The molecular formula is C22H30Cl3NO4S2. The predicted molar refractivity (Wildman–Crippen MR) is 126 cm³/mol. The maximum absolute atomic E-state index is 12.5. The molecule has 0 fully saturated rings. The minimum absolute atomic E-state index is 0. The van der Waals surface area contributed by atoms with E-state index in [9.17, 15) is 16.8 Å². The van der Waals surface area contributed by atoms with E-state index in [0.717, 1.165) is 11.1 Å². The van der Waals surface area contributed by atoms with E-state index < -0.39 is 30.2 Å². The Kier molecular flexibility index (Phi) is 12.0. The van der Waals surface area contributed by atoms with Gasteiger partial charge in [0.25, 0.3) is 0 Å². The third kappa shape index (κ3) is 7.61. The maximum Gasteiger partial charge on any atom is 0.180 e. The number of hydrogen-bond donors (Lipinski definition) is 1. The molecule has 0 aliphatic carbocycles. The summed E-state index contributed by atoms with van der Waals surface area (Å²) in [7, 11) is -6.72. The van der Waals surface area contributed by atoms with Gasteiger partial charge in [-0.05, 0) is 51.0 Å². The van der Waals surface area contributed by atoms with Crippen LogP contribution < -0.4 is 17.7 Å². The number of hydrogen-bond acceptors (Lipinski definition) is 4. The molecule has 180 valence electrons. The topological polar surface area (TPSA) is 84.9 Å². The van der Waals surface area contributed by atoms with Crippen molar-refractivity contribution in [1.82, 2.24) is 0 Å². The van der Waals surface area contributed by atoms with Crippen molar-refractivity contribution >= 4 is 42.9 Å². The zero-order valence-corrected chi connectivity index (χ0v) is 22.1. The molecule has 2 aromatic carbocycles. The van der Waals surface area contributed by atoms with Crippen LogP contribution in [0.15, 0.2) is 58.3 Å².